The molecule has 1 aromatic carbocycles. The molecule has 1 aromatic rings. The molecule has 0 spiro atoms. The van der Waals surface area contributed by atoms with Crippen LogP contribution in [0, 0.1) is 5.92 Å². The molecule has 0 aliphatic carbocycles. The summed E-state index contributed by atoms with van der Waals surface area (Å²) >= 11 is 0. The molecular weight excluding hydrogens is 252 g/mol. The Morgan fingerprint density at radius 2 is 2.06 bits per heavy atom. The molecular formula is C13H16O4S. The number of carbonyl (C=O) groups is 1. The van der Waals surface area contributed by atoms with Gasteiger partial charge in [-0.1, -0.05) is 18.2 Å². The number of benzene rings is 1. The molecule has 1 atom stereocenters. The normalized spacial score (nSPS) is 22.6. The molecule has 5 heteroatoms. The molecule has 1 aliphatic heterocycles. The van der Waals surface area contributed by atoms with Crippen LogP contribution < -0.4 is 0 Å². The number of aromatic carboxylic acids is 1. The predicted octanol–water partition coefficient (Wildman–Crippen LogP) is 1.75. The van der Waals surface area contributed by atoms with Crippen LogP contribution in [0.25, 0.3) is 0 Å². The van der Waals surface area contributed by atoms with Gasteiger partial charge in [-0.15, -0.1) is 0 Å². The third-order valence-electron chi connectivity index (χ3n) is 3.31. The molecule has 0 aromatic heterocycles. The van der Waals surface area contributed by atoms with Crippen molar-refractivity contribution in [2.45, 2.75) is 19.3 Å². The van der Waals surface area contributed by atoms with Crippen LogP contribution in [0.1, 0.15) is 28.8 Å². The molecule has 1 aliphatic rings. The van der Waals surface area contributed by atoms with Gasteiger partial charge in [0.15, 0.2) is 9.84 Å². The van der Waals surface area contributed by atoms with Crippen molar-refractivity contribution in [3.63, 3.8) is 0 Å². The van der Waals surface area contributed by atoms with Crippen molar-refractivity contribution in [1.29, 1.82) is 0 Å². The van der Waals surface area contributed by atoms with E-state index in [4.69, 9.17) is 5.11 Å². The molecule has 1 heterocycles. The van der Waals surface area contributed by atoms with E-state index in [1.54, 1.807) is 24.3 Å². The summed E-state index contributed by atoms with van der Waals surface area (Å²) in [6.07, 6.45) is 2.07. The van der Waals surface area contributed by atoms with E-state index in [2.05, 4.69) is 0 Å². The summed E-state index contributed by atoms with van der Waals surface area (Å²) in [4.78, 5) is 11.1. The van der Waals surface area contributed by atoms with Crippen molar-refractivity contribution in [2.24, 2.45) is 5.92 Å². The average molecular weight is 268 g/mol. The molecule has 98 valence electrons. The van der Waals surface area contributed by atoms with Crippen LogP contribution >= 0.6 is 0 Å². The number of carboxylic acids is 1. The molecule has 0 radical (unpaired) electrons. The highest BCUT2D eigenvalue weighted by atomic mass is 32.2. The van der Waals surface area contributed by atoms with Crippen molar-refractivity contribution < 1.29 is 18.3 Å². The number of hydrogen-bond acceptors (Lipinski definition) is 3. The lowest BCUT2D eigenvalue weighted by molar-refractivity contribution is 0.0695. The minimum absolute atomic E-state index is 0.0456. The zero-order valence-corrected chi connectivity index (χ0v) is 10.8. The summed E-state index contributed by atoms with van der Waals surface area (Å²) in [5, 5.41) is 9.08. The predicted molar refractivity (Wildman–Crippen MR) is 68.5 cm³/mol. The Hall–Kier alpha value is -1.36. The third-order valence-corrected chi connectivity index (χ3v) is 5.20. The maximum Gasteiger partial charge on any atom is 0.335 e. The number of hydrogen-bond donors (Lipinski definition) is 1. The Bertz CT molecular complexity index is 548. The van der Waals surface area contributed by atoms with E-state index in [0.29, 0.717) is 12.8 Å². The molecule has 0 bridgehead atoms. The van der Waals surface area contributed by atoms with Crippen LogP contribution in [-0.2, 0) is 16.3 Å². The summed E-state index contributed by atoms with van der Waals surface area (Å²) in [7, 11) is -2.93. The van der Waals surface area contributed by atoms with Gasteiger partial charge in [-0.3, -0.25) is 0 Å². The summed E-state index contributed by atoms with van der Waals surface area (Å²) < 4.78 is 23.1. The molecule has 1 fully saturated rings. The largest absolute Gasteiger partial charge is 0.478 e. The Labute approximate surface area is 107 Å². The summed E-state index contributed by atoms with van der Waals surface area (Å²) in [6.45, 7) is 0. The van der Waals surface area contributed by atoms with E-state index in [1.807, 2.05) is 0 Å². The number of sulfone groups is 1. The highest BCUT2D eigenvalue weighted by Crippen LogP contribution is 2.23. The van der Waals surface area contributed by atoms with E-state index in [1.165, 1.54) is 0 Å². The molecule has 1 saturated heterocycles. The quantitative estimate of drug-likeness (QED) is 0.906. The second-order valence-electron chi connectivity index (χ2n) is 4.79. The van der Waals surface area contributed by atoms with Crippen molar-refractivity contribution in [2.75, 3.05) is 11.5 Å². The molecule has 0 saturated carbocycles. The van der Waals surface area contributed by atoms with Gasteiger partial charge in [-0.25, -0.2) is 13.2 Å². The average Bonchev–Trinajstić information content (AvgIpc) is 2.28. The number of rotatable bonds is 3. The molecule has 18 heavy (non-hydrogen) atoms. The maximum absolute atomic E-state index is 11.6. The van der Waals surface area contributed by atoms with E-state index in [-0.39, 0.29) is 23.0 Å². The van der Waals surface area contributed by atoms with Gasteiger partial charge in [-0.05, 0) is 36.8 Å². The second-order valence-corrected chi connectivity index (χ2v) is 7.02. The lowest BCUT2D eigenvalue weighted by Gasteiger charge is -2.22. The lowest BCUT2D eigenvalue weighted by atomic mass is 9.93. The van der Waals surface area contributed by atoms with Crippen LogP contribution in [0.2, 0.25) is 0 Å². The third kappa shape index (κ3) is 3.10. The van der Waals surface area contributed by atoms with Crippen LogP contribution in [-0.4, -0.2) is 31.0 Å². The van der Waals surface area contributed by atoms with Gasteiger partial charge in [0.2, 0.25) is 0 Å². The topological polar surface area (TPSA) is 71.4 Å². The summed E-state index contributed by atoms with van der Waals surface area (Å²) in [5.41, 5.74) is 1.01. The monoisotopic (exact) mass is 268 g/mol. The summed E-state index contributed by atoms with van der Waals surface area (Å²) in [5.74, 6) is -0.459. The Balaban J connectivity index is 2.17. The van der Waals surface area contributed by atoms with Crippen LogP contribution in [0.4, 0.5) is 0 Å². The first-order valence-electron chi connectivity index (χ1n) is 5.99. The van der Waals surface area contributed by atoms with Gasteiger partial charge in [0.25, 0.3) is 0 Å². The fraction of sp³-hybridized carbons (Fsp3) is 0.462. The van der Waals surface area contributed by atoms with Gasteiger partial charge in [0.1, 0.15) is 0 Å². The molecule has 2 rings (SSSR count). The molecule has 0 amide bonds. The van der Waals surface area contributed by atoms with Crippen molar-refractivity contribution >= 4 is 15.8 Å². The fourth-order valence-electron chi connectivity index (χ4n) is 2.50. The fourth-order valence-corrected chi connectivity index (χ4v) is 4.27. The van der Waals surface area contributed by atoms with Gasteiger partial charge in [0.05, 0.1) is 17.1 Å². The van der Waals surface area contributed by atoms with Gasteiger partial charge < -0.3 is 5.11 Å². The van der Waals surface area contributed by atoms with Gasteiger partial charge >= 0.3 is 5.97 Å². The van der Waals surface area contributed by atoms with E-state index >= 15 is 0 Å². The first kappa shape index (κ1) is 13.1. The van der Waals surface area contributed by atoms with Crippen LogP contribution in [0.3, 0.4) is 0 Å². The standard InChI is InChI=1S/C13H16O4S/c14-13(15)12-6-2-1-5-11(12)8-10-4-3-7-18(16,17)9-10/h1-2,5-6,10H,3-4,7-9H2,(H,14,15). The highest BCUT2D eigenvalue weighted by molar-refractivity contribution is 7.91. The van der Waals surface area contributed by atoms with E-state index in [0.717, 1.165) is 12.0 Å². The highest BCUT2D eigenvalue weighted by Gasteiger charge is 2.25. The first-order valence-corrected chi connectivity index (χ1v) is 7.82. The van der Waals surface area contributed by atoms with Crippen molar-refractivity contribution in [1.82, 2.24) is 0 Å². The first-order chi connectivity index (χ1) is 8.48. The Kier molecular flexibility index (Phi) is 3.71. The zero-order chi connectivity index (χ0) is 13.2. The van der Waals surface area contributed by atoms with Gasteiger partial charge in [-0.2, -0.15) is 0 Å². The Morgan fingerprint density at radius 3 is 2.72 bits per heavy atom. The van der Waals surface area contributed by atoms with Crippen molar-refractivity contribution in [3.8, 4) is 0 Å². The van der Waals surface area contributed by atoms with E-state index < -0.39 is 15.8 Å². The SMILES string of the molecule is O=C(O)c1ccccc1CC1CCCS(=O)(=O)C1. The van der Waals surface area contributed by atoms with Gasteiger partial charge in [0, 0.05) is 0 Å². The summed E-state index contributed by atoms with van der Waals surface area (Å²) in [6, 6.07) is 6.81. The number of carboxylic acid groups (broad SMARTS) is 1. The Morgan fingerprint density at radius 1 is 1.33 bits per heavy atom. The van der Waals surface area contributed by atoms with Crippen LogP contribution in [0.15, 0.2) is 24.3 Å². The van der Waals surface area contributed by atoms with Crippen LogP contribution in [0.5, 0.6) is 0 Å². The molecule has 1 unspecified atom stereocenters. The maximum atomic E-state index is 11.6. The molecule has 1 N–H and O–H groups in total. The second kappa shape index (κ2) is 5.10. The minimum atomic E-state index is -2.93. The smallest absolute Gasteiger partial charge is 0.335 e. The molecule has 4 nitrogen and oxygen atoms in total. The zero-order valence-electron chi connectivity index (χ0n) is 10.0. The van der Waals surface area contributed by atoms with Crippen molar-refractivity contribution in [3.05, 3.63) is 35.4 Å². The lowest BCUT2D eigenvalue weighted by Crippen LogP contribution is -2.26. The minimum Gasteiger partial charge on any atom is -0.478 e. The van der Waals surface area contributed by atoms with E-state index in [9.17, 15) is 13.2 Å².